The number of hydrogen-bond acceptors (Lipinski definition) is 5. The highest BCUT2D eigenvalue weighted by Crippen LogP contribution is 2.21. The number of sulfonamides is 1. The van der Waals surface area contributed by atoms with E-state index in [0.29, 0.717) is 18.9 Å². The third-order valence-electron chi connectivity index (χ3n) is 3.86. The summed E-state index contributed by atoms with van der Waals surface area (Å²) < 4.78 is 38.4. The van der Waals surface area contributed by atoms with Gasteiger partial charge in [-0.3, -0.25) is 0 Å². The van der Waals surface area contributed by atoms with Crippen molar-refractivity contribution in [1.29, 1.82) is 0 Å². The van der Waals surface area contributed by atoms with E-state index >= 15 is 0 Å². The minimum atomic E-state index is -3.55. The van der Waals surface area contributed by atoms with Gasteiger partial charge in [0.1, 0.15) is 5.75 Å². The summed E-state index contributed by atoms with van der Waals surface area (Å²) in [6.07, 6.45) is 1.97. The molecular formula is C16H26N2O4S. The fourth-order valence-corrected chi connectivity index (χ4v) is 3.88. The first-order valence-electron chi connectivity index (χ1n) is 7.87. The molecule has 1 fully saturated rings. The van der Waals surface area contributed by atoms with Crippen LogP contribution in [0.4, 0.5) is 0 Å². The lowest BCUT2D eigenvalue weighted by molar-refractivity contribution is 0.122. The van der Waals surface area contributed by atoms with Crippen LogP contribution in [-0.4, -0.2) is 46.9 Å². The van der Waals surface area contributed by atoms with Crippen molar-refractivity contribution in [2.24, 2.45) is 0 Å². The van der Waals surface area contributed by atoms with Gasteiger partial charge in [0.15, 0.2) is 0 Å². The normalized spacial score (nSPS) is 21.7. The van der Waals surface area contributed by atoms with Crippen LogP contribution in [-0.2, 0) is 14.8 Å². The van der Waals surface area contributed by atoms with Gasteiger partial charge < -0.3 is 14.8 Å². The molecule has 1 aliphatic heterocycles. The van der Waals surface area contributed by atoms with E-state index in [1.165, 1.54) is 0 Å². The van der Waals surface area contributed by atoms with Gasteiger partial charge in [0.25, 0.3) is 0 Å². The molecule has 2 rings (SSSR count). The molecule has 1 atom stereocenters. The fraction of sp³-hybridized carbons (Fsp3) is 0.625. The van der Waals surface area contributed by atoms with Gasteiger partial charge in [-0.1, -0.05) is 0 Å². The van der Waals surface area contributed by atoms with Crippen LogP contribution in [0.25, 0.3) is 0 Å². The van der Waals surface area contributed by atoms with Crippen molar-refractivity contribution in [3.8, 4) is 5.75 Å². The quantitative estimate of drug-likeness (QED) is 0.749. The number of hydrogen-bond donors (Lipinski definition) is 2. The second-order valence-corrected chi connectivity index (χ2v) is 7.97. The maximum Gasteiger partial charge on any atom is 0.240 e. The monoisotopic (exact) mass is 342 g/mol. The maximum atomic E-state index is 12.4. The zero-order valence-corrected chi connectivity index (χ0v) is 14.8. The van der Waals surface area contributed by atoms with Crippen LogP contribution in [0.1, 0.15) is 26.7 Å². The average molecular weight is 342 g/mol. The van der Waals surface area contributed by atoms with Crippen molar-refractivity contribution in [2.45, 2.75) is 43.2 Å². The Morgan fingerprint density at radius 2 is 2.00 bits per heavy atom. The molecule has 0 radical (unpaired) electrons. The third kappa shape index (κ3) is 4.91. The Hall–Kier alpha value is -1.15. The number of ether oxygens (including phenoxy) is 2. The molecule has 0 spiro atoms. The molecule has 0 bridgehead atoms. The van der Waals surface area contributed by atoms with Crippen molar-refractivity contribution in [2.75, 3.05) is 26.8 Å². The van der Waals surface area contributed by atoms with E-state index in [1.54, 1.807) is 31.4 Å². The van der Waals surface area contributed by atoms with Gasteiger partial charge in [-0.25, -0.2) is 13.1 Å². The molecular weight excluding hydrogens is 316 g/mol. The summed E-state index contributed by atoms with van der Waals surface area (Å²) in [7, 11) is -1.92. The van der Waals surface area contributed by atoms with Crippen LogP contribution in [0.2, 0.25) is 0 Å². The van der Waals surface area contributed by atoms with Gasteiger partial charge >= 0.3 is 0 Å². The highest BCUT2D eigenvalue weighted by molar-refractivity contribution is 7.89. The van der Waals surface area contributed by atoms with Gasteiger partial charge in [-0.2, -0.15) is 0 Å². The molecule has 23 heavy (non-hydrogen) atoms. The lowest BCUT2D eigenvalue weighted by atomic mass is 9.99. The highest BCUT2D eigenvalue weighted by atomic mass is 32.2. The average Bonchev–Trinajstić information content (AvgIpc) is 2.95. The molecule has 1 aromatic carbocycles. The van der Waals surface area contributed by atoms with E-state index in [9.17, 15) is 8.42 Å². The van der Waals surface area contributed by atoms with Crippen molar-refractivity contribution >= 4 is 10.0 Å². The molecule has 0 amide bonds. The smallest absolute Gasteiger partial charge is 0.240 e. The Morgan fingerprint density at radius 1 is 1.30 bits per heavy atom. The van der Waals surface area contributed by atoms with E-state index in [1.807, 2.05) is 13.8 Å². The Bertz CT molecular complexity index is 593. The van der Waals surface area contributed by atoms with E-state index in [4.69, 9.17) is 9.47 Å². The molecule has 0 saturated carbocycles. The van der Waals surface area contributed by atoms with Gasteiger partial charge in [0.05, 0.1) is 23.1 Å². The van der Waals surface area contributed by atoms with Crippen LogP contribution in [0.3, 0.4) is 0 Å². The van der Waals surface area contributed by atoms with E-state index in [-0.39, 0.29) is 16.5 Å². The standard InChI is InChI=1S/C16H26N2O4S/c1-13(2)22-14-5-7-15(8-6-14)23(19,20)18-11-16(12-21-3)9-4-10-17-16/h5-8,13,17-18H,4,9-12H2,1-3H3. The van der Waals surface area contributed by atoms with Gasteiger partial charge in [0.2, 0.25) is 10.0 Å². The van der Waals surface area contributed by atoms with Crippen molar-refractivity contribution in [3.63, 3.8) is 0 Å². The minimum Gasteiger partial charge on any atom is -0.491 e. The SMILES string of the molecule is COCC1(CNS(=O)(=O)c2ccc(OC(C)C)cc2)CCCN1. The number of methoxy groups -OCH3 is 1. The van der Waals surface area contributed by atoms with E-state index < -0.39 is 10.0 Å². The topological polar surface area (TPSA) is 76.7 Å². The Morgan fingerprint density at radius 3 is 2.52 bits per heavy atom. The first-order chi connectivity index (χ1) is 10.9. The summed E-state index contributed by atoms with van der Waals surface area (Å²) in [4.78, 5) is 0.235. The molecule has 1 heterocycles. The molecule has 1 unspecified atom stereocenters. The van der Waals surface area contributed by atoms with E-state index in [2.05, 4.69) is 10.0 Å². The second-order valence-electron chi connectivity index (χ2n) is 6.21. The Labute approximate surface area is 138 Å². The van der Waals surface area contributed by atoms with Crippen molar-refractivity contribution < 1.29 is 17.9 Å². The lowest BCUT2D eigenvalue weighted by Crippen LogP contribution is -2.52. The van der Waals surface area contributed by atoms with Crippen molar-refractivity contribution in [1.82, 2.24) is 10.0 Å². The van der Waals surface area contributed by atoms with Gasteiger partial charge in [-0.15, -0.1) is 0 Å². The lowest BCUT2D eigenvalue weighted by Gasteiger charge is -2.28. The molecule has 0 aromatic heterocycles. The van der Waals surface area contributed by atoms with Crippen LogP contribution in [0, 0.1) is 0 Å². The molecule has 6 nitrogen and oxygen atoms in total. The molecule has 7 heteroatoms. The van der Waals surface area contributed by atoms with Crippen LogP contribution < -0.4 is 14.8 Å². The molecule has 1 aromatic rings. The molecule has 1 aliphatic rings. The Balaban J connectivity index is 2.03. The summed E-state index contributed by atoms with van der Waals surface area (Å²) in [5, 5.41) is 3.35. The van der Waals surface area contributed by atoms with Crippen molar-refractivity contribution in [3.05, 3.63) is 24.3 Å². The third-order valence-corrected chi connectivity index (χ3v) is 5.28. The zero-order chi connectivity index (χ0) is 16.9. The van der Waals surface area contributed by atoms with Gasteiger partial charge in [-0.05, 0) is 57.5 Å². The van der Waals surface area contributed by atoms with Crippen LogP contribution in [0.5, 0.6) is 5.75 Å². The molecule has 1 saturated heterocycles. The zero-order valence-electron chi connectivity index (χ0n) is 14.0. The summed E-state index contributed by atoms with van der Waals surface area (Å²) in [5.74, 6) is 0.660. The number of nitrogens with one attached hydrogen (secondary N) is 2. The first-order valence-corrected chi connectivity index (χ1v) is 9.36. The molecule has 0 aliphatic carbocycles. The summed E-state index contributed by atoms with van der Waals surface area (Å²) >= 11 is 0. The Kier molecular flexibility index (Phi) is 6.02. The minimum absolute atomic E-state index is 0.0536. The predicted octanol–water partition coefficient (Wildman–Crippen LogP) is 1.52. The molecule has 130 valence electrons. The largest absolute Gasteiger partial charge is 0.491 e. The summed E-state index contributed by atoms with van der Waals surface area (Å²) in [6, 6.07) is 6.47. The first kappa shape index (κ1) is 18.2. The summed E-state index contributed by atoms with van der Waals surface area (Å²) in [6.45, 7) is 5.53. The van der Waals surface area contributed by atoms with E-state index in [0.717, 1.165) is 19.4 Å². The van der Waals surface area contributed by atoms with Crippen LogP contribution in [0.15, 0.2) is 29.2 Å². The number of rotatable bonds is 8. The highest BCUT2D eigenvalue weighted by Gasteiger charge is 2.34. The predicted molar refractivity (Wildman–Crippen MR) is 89.2 cm³/mol. The van der Waals surface area contributed by atoms with Gasteiger partial charge in [0, 0.05) is 13.7 Å². The number of benzene rings is 1. The molecule has 2 N–H and O–H groups in total. The fourth-order valence-electron chi connectivity index (χ4n) is 2.76. The second kappa shape index (κ2) is 7.61. The van der Waals surface area contributed by atoms with Crippen LogP contribution >= 0.6 is 0 Å². The maximum absolute atomic E-state index is 12.4. The summed E-state index contributed by atoms with van der Waals surface area (Å²) in [5.41, 5.74) is -0.317.